The number of aliphatic hydroxyl groups excluding tert-OH is 2. The SMILES string of the molecule is C=C(C)C(=O)O.C[Si](C)(C)OC(OCCC[SiH3])(O[Si](C)(C)C)C(O)CO. The van der Waals surface area contributed by atoms with Gasteiger partial charge < -0.3 is 28.9 Å². The van der Waals surface area contributed by atoms with Gasteiger partial charge in [-0.1, -0.05) is 12.6 Å². The zero-order valence-corrected chi connectivity index (χ0v) is 21.6. The molecule has 10 heteroatoms. The third-order valence-electron chi connectivity index (χ3n) is 2.64. The summed E-state index contributed by atoms with van der Waals surface area (Å²) in [7, 11) is -2.93. The van der Waals surface area contributed by atoms with Gasteiger partial charge in [-0.15, -0.1) is 0 Å². The maximum absolute atomic E-state index is 10.2. The summed E-state index contributed by atoms with van der Waals surface area (Å²) in [4.78, 5) is 9.60. The molecule has 0 bridgehead atoms. The van der Waals surface area contributed by atoms with E-state index in [0.717, 1.165) is 22.7 Å². The molecular formula is C16H38O7Si3. The summed E-state index contributed by atoms with van der Waals surface area (Å²) in [6.45, 7) is 16.7. The van der Waals surface area contributed by atoms with Crippen LogP contribution in [-0.2, 0) is 18.4 Å². The lowest BCUT2D eigenvalue weighted by Crippen LogP contribution is -2.60. The lowest BCUT2D eigenvalue weighted by atomic mass is 10.3. The van der Waals surface area contributed by atoms with Crippen LogP contribution in [0.5, 0.6) is 0 Å². The van der Waals surface area contributed by atoms with Crippen molar-refractivity contribution in [3.8, 4) is 0 Å². The Bertz CT molecular complexity index is 403. The maximum Gasteiger partial charge on any atom is 0.330 e. The van der Waals surface area contributed by atoms with Gasteiger partial charge in [-0.25, -0.2) is 4.79 Å². The van der Waals surface area contributed by atoms with Crippen molar-refractivity contribution in [1.29, 1.82) is 0 Å². The van der Waals surface area contributed by atoms with Gasteiger partial charge in [-0.2, -0.15) is 0 Å². The molecule has 0 heterocycles. The van der Waals surface area contributed by atoms with E-state index in [1.54, 1.807) is 0 Å². The Morgan fingerprint density at radius 2 is 1.54 bits per heavy atom. The van der Waals surface area contributed by atoms with Crippen LogP contribution in [0.3, 0.4) is 0 Å². The van der Waals surface area contributed by atoms with Crippen molar-refractivity contribution < 1.29 is 33.7 Å². The van der Waals surface area contributed by atoms with E-state index in [2.05, 4.69) is 6.58 Å². The number of hydrogen-bond donors (Lipinski definition) is 3. The molecule has 1 atom stereocenters. The van der Waals surface area contributed by atoms with E-state index in [0.29, 0.717) is 6.61 Å². The number of ether oxygens (including phenoxy) is 1. The highest BCUT2D eigenvalue weighted by Crippen LogP contribution is 2.29. The van der Waals surface area contributed by atoms with E-state index in [-0.39, 0.29) is 5.57 Å². The Balaban J connectivity index is 0. The van der Waals surface area contributed by atoms with Gasteiger partial charge >= 0.3 is 5.97 Å². The van der Waals surface area contributed by atoms with Crippen molar-refractivity contribution in [3.63, 3.8) is 0 Å². The second-order valence-corrected chi connectivity index (χ2v) is 17.9. The van der Waals surface area contributed by atoms with Gasteiger partial charge in [0.1, 0.15) is 0 Å². The van der Waals surface area contributed by atoms with Gasteiger partial charge in [0.2, 0.25) is 0 Å². The standard InChI is InChI=1S/C12H32O5Si3.C4H6O2/c1-19(2,3)16-12(11(14)10-13,15-8-7-9-18)17-20(4,5)6;1-3(2)4(5)6/h11,13-14H,7-10H2,1-6,18H3;1H2,2H3,(H,5,6). The minimum absolute atomic E-state index is 0.176. The molecule has 0 aromatic carbocycles. The average Bonchev–Trinajstić information content (AvgIpc) is 2.43. The molecule has 26 heavy (non-hydrogen) atoms. The maximum atomic E-state index is 10.2. The number of aliphatic carboxylic acids is 1. The fourth-order valence-corrected chi connectivity index (χ4v) is 4.19. The summed E-state index contributed by atoms with van der Waals surface area (Å²) in [5.41, 5.74) is 0.176. The van der Waals surface area contributed by atoms with Crippen molar-refractivity contribution in [3.05, 3.63) is 12.2 Å². The van der Waals surface area contributed by atoms with Crippen molar-refractivity contribution >= 4 is 32.8 Å². The number of hydrogen-bond acceptors (Lipinski definition) is 6. The van der Waals surface area contributed by atoms with Crippen LogP contribution in [0, 0.1) is 0 Å². The van der Waals surface area contributed by atoms with Crippen molar-refractivity contribution in [1.82, 2.24) is 0 Å². The summed E-state index contributed by atoms with van der Waals surface area (Å²) in [6.07, 6.45) is -0.286. The van der Waals surface area contributed by atoms with Gasteiger partial charge in [-0.3, -0.25) is 0 Å². The second-order valence-electron chi connectivity index (χ2n) is 8.02. The van der Waals surface area contributed by atoms with E-state index in [4.69, 9.17) is 18.7 Å². The topological polar surface area (TPSA) is 105 Å². The molecule has 0 aliphatic heterocycles. The second kappa shape index (κ2) is 12.2. The van der Waals surface area contributed by atoms with E-state index in [1.165, 1.54) is 6.92 Å². The normalized spacial score (nSPS) is 13.7. The van der Waals surface area contributed by atoms with E-state index < -0.39 is 41.3 Å². The van der Waals surface area contributed by atoms with Gasteiger partial charge in [0.25, 0.3) is 5.97 Å². The van der Waals surface area contributed by atoms with Crippen molar-refractivity contribution in [2.45, 2.75) is 70.7 Å². The molecule has 0 aliphatic rings. The average molecular weight is 427 g/mol. The zero-order chi connectivity index (χ0) is 21.2. The van der Waals surface area contributed by atoms with Crippen LogP contribution in [-0.4, -0.2) is 73.5 Å². The third kappa shape index (κ3) is 13.8. The van der Waals surface area contributed by atoms with Crippen molar-refractivity contribution in [2.24, 2.45) is 0 Å². The molecule has 0 aromatic rings. The van der Waals surface area contributed by atoms with Gasteiger partial charge in [0, 0.05) is 15.8 Å². The molecule has 0 amide bonds. The molecule has 0 fully saturated rings. The molecule has 0 aliphatic carbocycles. The van der Waals surface area contributed by atoms with Crippen LogP contribution < -0.4 is 0 Å². The quantitative estimate of drug-likeness (QED) is 0.199. The van der Waals surface area contributed by atoms with E-state index in [9.17, 15) is 15.0 Å². The highest BCUT2D eigenvalue weighted by molar-refractivity contribution is 6.71. The van der Waals surface area contributed by atoms with Gasteiger partial charge in [0.15, 0.2) is 22.7 Å². The molecule has 7 nitrogen and oxygen atoms in total. The fraction of sp³-hybridized carbons (Fsp3) is 0.812. The summed E-state index contributed by atoms with van der Waals surface area (Å²) in [5, 5.41) is 27.5. The van der Waals surface area contributed by atoms with Crippen LogP contribution in [0.1, 0.15) is 13.3 Å². The first-order chi connectivity index (χ1) is 11.6. The monoisotopic (exact) mass is 426 g/mol. The largest absolute Gasteiger partial charge is 0.478 e. The Morgan fingerprint density at radius 3 is 1.77 bits per heavy atom. The number of carboxylic acid groups (broad SMARTS) is 1. The number of carboxylic acids is 1. The molecule has 0 rings (SSSR count). The first-order valence-corrected chi connectivity index (χ1v) is 17.0. The number of aliphatic hydroxyl groups is 2. The first kappa shape index (κ1) is 27.9. The van der Waals surface area contributed by atoms with Crippen LogP contribution in [0.15, 0.2) is 12.2 Å². The minimum atomic E-state index is -2.02. The first-order valence-electron chi connectivity index (χ1n) is 8.82. The number of rotatable bonds is 11. The van der Waals surface area contributed by atoms with E-state index in [1.807, 2.05) is 39.3 Å². The molecule has 3 N–H and O–H groups in total. The highest BCUT2D eigenvalue weighted by atomic mass is 28.4. The summed E-state index contributed by atoms with van der Waals surface area (Å²) in [5.74, 6) is -2.46. The molecule has 0 aromatic heterocycles. The lowest BCUT2D eigenvalue weighted by Gasteiger charge is -2.44. The molecule has 0 radical (unpaired) electrons. The van der Waals surface area contributed by atoms with Gasteiger partial charge in [0.05, 0.1) is 13.2 Å². The highest BCUT2D eigenvalue weighted by Gasteiger charge is 2.47. The molecule has 156 valence electrons. The Labute approximate surface area is 163 Å². The van der Waals surface area contributed by atoms with Crippen molar-refractivity contribution in [2.75, 3.05) is 13.2 Å². The third-order valence-corrected chi connectivity index (χ3v) is 5.15. The van der Waals surface area contributed by atoms with Crippen LogP contribution in [0.25, 0.3) is 0 Å². The summed E-state index contributed by atoms with van der Waals surface area (Å²) >= 11 is 0. The predicted molar refractivity (Wildman–Crippen MR) is 112 cm³/mol. The number of carbonyl (C=O) groups is 1. The minimum Gasteiger partial charge on any atom is -0.478 e. The molecule has 1 unspecified atom stereocenters. The van der Waals surface area contributed by atoms with Crippen LogP contribution in [0.2, 0.25) is 45.3 Å². The summed E-state index contributed by atoms with van der Waals surface area (Å²) < 4.78 is 17.9. The van der Waals surface area contributed by atoms with E-state index >= 15 is 0 Å². The van der Waals surface area contributed by atoms with Crippen LogP contribution >= 0.6 is 0 Å². The van der Waals surface area contributed by atoms with Crippen LogP contribution in [0.4, 0.5) is 0 Å². The fourth-order valence-electron chi connectivity index (χ4n) is 1.64. The predicted octanol–water partition coefficient (Wildman–Crippen LogP) is 1.53. The molecule has 0 spiro atoms. The zero-order valence-electron chi connectivity index (χ0n) is 17.6. The van der Waals surface area contributed by atoms with Gasteiger partial charge in [-0.05, 0) is 52.6 Å². The molecular weight excluding hydrogens is 388 g/mol. The Kier molecular flexibility index (Phi) is 13.1. The smallest absolute Gasteiger partial charge is 0.330 e. The Hall–Kier alpha value is -0.339. The lowest BCUT2D eigenvalue weighted by molar-refractivity contribution is -0.356. The Morgan fingerprint density at radius 1 is 1.15 bits per heavy atom. The molecule has 0 saturated carbocycles. The molecule has 0 saturated heterocycles. The summed E-state index contributed by atoms with van der Waals surface area (Å²) in [6, 6.07) is 1.12.